The third-order valence-electron chi connectivity index (χ3n) is 16.2. The number of hydrogen-bond acceptors (Lipinski definition) is 12. The zero-order valence-corrected chi connectivity index (χ0v) is 61.7. The molecule has 1 heterocycles. The second-order valence-electron chi connectivity index (χ2n) is 24.2. The molecule has 560 valence electrons. The molecule has 2 unspecified atom stereocenters. The Morgan fingerprint density at radius 1 is 0.573 bits per heavy atom. The quantitative estimate of drug-likeness (QED) is 0.0178. The van der Waals surface area contributed by atoms with Crippen LogP contribution in [0, 0.1) is 74.1 Å². The van der Waals surface area contributed by atoms with Gasteiger partial charge in [-0.05, 0) is 157 Å². The Kier molecular flexibility index (Phi) is 31.8. The molecule has 1 N–H and O–H groups in total. The molecule has 0 fully saturated rings. The number of pyridine rings is 1. The van der Waals surface area contributed by atoms with Crippen molar-refractivity contribution in [1.29, 1.82) is 0 Å². The van der Waals surface area contributed by atoms with Crippen molar-refractivity contribution < 1.29 is 132 Å². The number of halogens is 13. The highest BCUT2D eigenvalue weighted by molar-refractivity contribution is 8.01. The molecular formula is C75H82BrF12N2O12P. The smallest absolute Gasteiger partial charge is 0.384 e. The Bertz CT molecular complexity index is 4020. The largest absolute Gasteiger partial charge is 1.00 e. The van der Waals surface area contributed by atoms with Crippen LogP contribution in [0.5, 0.6) is 17.2 Å². The molecule has 1 aromatic heterocycles. The molecule has 0 saturated carbocycles. The van der Waals surface area contributed by atoms with E-state index >= 15 is 0 Å². The molecule has 7 aromatic rings. The molecule has 0 saturated heterocycles. The lowest BCUT2D eigenvalue weighted by Gasteiger charge is -2.39. The number of carboxylic acids is 1. The number of hydrogen-bond donors (Lipinski definition) is 1. The number of alkyl halides is 12. The molecule has 14 nitrogen and oxygen atoms in total. The van der Waals surface area contributed by atoms with Gasteiger partial charge in [-0.15, -0.1) is 0 Å². The van der Waals surface area contributed by atoms with Crippen molar-refractivity contribution in [2.45, 2.75) is 145 Å². The second-order valence-corrected chi connectivity index (χ2v) is 26.7. The van der Waals surface area contributed by atoms with Gasteiger partial charge in [-0.2, -0.15) is 43.9 Å². The molecule has 0 aliphatic carbocycles. The van der Waals surface area contributed by atoms with Crippen molar-refractivity contribution in [2.24, 2.45) is 11.8 Å². The number of aryl methyl sites for hydroxylation is 7. The Morgan fingerprint density at radius 2 is 0.990 bits per heavy atom. The standard InChI is InChI=1S/C32H33N2O5.C26H27O3P.C15H16F12O4.C2H6.BrH/c1-22-6-8-25(9-7-22)31(35)38-29-14-15-30(24(3)23(29)2)39-32(36)26-10-12-28(13-11-26)37-21-20-34-18-16-27(17-19-34)33(4)5;1-16-12-18(3)23(19(4)13-16)25(27)30(29,22-10-8-7-9-11-22)26(28)24-20(5)14-17(2)15-21(24)6;1-3-7(4-6(2)8(28)29)9(30)31-5-11(18,19)13(22,23)15(26,27)14(24,25)12(20,21)10(16)17;1-2;/h6-19H,20-21H2,1-5H3;7-15H,1-6H3;6-7,10H,3-5H2,1-2H3,(H,28,29);1-2H3;1H/q+1;;;;/p-1. The maximum atomic E-state index is 14.5. The summed E-state index contributed by atoms with van der Waals surface area (Å²) in [6.45, 7) is 21.3. The number of esters is 3. The van der Waals surface area contributed by atoms with Gasteiger partial charge < -0.3 is 50.5 Å². The molecule has 0 spiro atoms. The van der Waals surface area contributed by atoms with Gasteiger partial charge in [0.15, 0.2) is 25.5 Å². The van der Waals surface area contributed by atoms with Gasteiger partial charge in [-0.3, -0.25) is 19.2 Å². The van der Waals surface area contributed by atoms with E-state index in [0.717, 1.165) is 57.1 Å². The van der Waals surface area contributed by atoms with Crippen molar-refractivity contribution >= 4 is 53.1 Å². The summed E-state index contributed by atoms with van der Waals surface area (Å²) in [7, 11) is -0.0995. The van der Waals surface area contributed by atoms with Gasteiger partial charge in [0.1, 0.15) is 23.9 Å². The number of carbonyl (C=O) groups excluding carboxylic acids is 5. The Hall–Kier alpha value is -8.84. The Labute approximate surface area is 600 Å². The number of nitrogens with zero attached hydrogens (tertiary/aromatic N) is 2. The number of carbonyl (C=O) groups is 6. The molecule has 6 aromatic carbocycles. The van der Waals surface area contributed by atoms with Crippen LogP contribution in [0.4, 0.5) is 58.4 Å². The summed E-state index contributed by atoms with van der Waals surface area (Å²) in [5.41, 5.74) is 9.07. The first-order chi connectivity index (χ1) is 47.4. The first kappa shape index (κ1) is 88.4. The lowest BCUT2D eigenvalue weighted by atomic mass is 9.93. The zero-order chi connectivity index (χ0) is 77.4. The van der Waals surface area contributed by atoms with E-state index in [2.05, 4.69) is 26.3 Å². The molecule has 28 heteroatoms. The van der Waals surface area contributed by atoms with Gasteiger partial charge >= 0.3 is 59.9 Å². The number of carboxylic acid groups (broad SMARTS) is 1. The zero-order valence-electron chi connectivity index (χ0n) is 59.2. The van der Waals surface area contributed by atoms with Crippen molar-refractivity contribution in [3.8, 4) is 17.2 Å². The predicted octanol–water partition coefficient (Wildman–Crippen LogP) is 14.8. The monoisotopic (exact) mass is 1540 g/mol. The number of rotatable bonds is 26. The van der Waals surface area contributed by atoms with E-state index in [4.69, 9.17) is 19.3 Å². The fourth-order valence-electron chi connectivity index (χ4n) is 10.3. The van der Waals surface area contributed by atoms with Crippen LogP contribution in [0.3, 0.4) is 0 Å². The fourth-order valence-corrected chi connectivity index (χ4v) is 12.8. The van der Waals surface area contributed by atoms with Gasteiger partial charge in [0, 0.05) is 48.3 Å². The number of aliphatic carboxylic acids is 1. The molecule has 0 radical (unpaired) electrons. The van der Waals surface area contributed by atoms with Gasteiger partial charge in [-0.25, -0.2) is 22.9 Å². The highest BCUT2D eigenvalue weighted by atomic mass is 79.9. The fraction of sp³-hybridized carbons (Fsp3) is 0.373. The van der Waals surface area contributed by atoms with Crippen LogP contribution in [0.2, 0.25) is 0 Å². The minimum absolute atomic E-state index is 0. The summed E-state index contributed by atoms with van der Waals surface area (Å²) in [5, 5.41) is 8.98. The summed E-state index contributed by atoms with van der Waals surface area (Å²) in [5.74, 6) is -41.7. The van der Waals surface area contributed by atoms with Crippen molar-refractivity contribution in [3.63, 3.8) is 0 Å². The van der Waals surface area contributed by atoms with E-state index in [9.17, 15) is 86.0 Å². The van der Waals surface area contributed by atoms with E-state index in [1.165, 1.54) is 6.92 Å². The van der Waals surface area contributed by atoms with E-state index in [-0.39, 0.29) is 28.7 Å². The maximum absolute atomic E-state index is 14.5. The van der Waals surface area contributed by atoms with Crippen molar-refractivity contribution in [3.05, 3.63) is 212 Å². The molecule has 103 heavy (non-hydrogen) atoms. The lowest BCUT2D eigenvalue weighted by Crippen LogP contribution is -3.00. The third-order valence-corrected chi connectivity index (χ3v) is 18.8. The topological polar surface area (TPSA) is 184 Å². The van der Waals surface area contributed by atoms with Crippen molar-refractivity contribution in [1.82, 2.24) is 0 Å². The average molecular weight is 1540 g/mol. The van der Waals surface area contributed by atoms with Gasteiger partial charge in [0.25, 0.3) is 0 Å². The molecule has 0 aliphatic rings. The summed E-state index contributed by atoms with van der Waals surface area (Å²) < 4.78 is 194. The normalized spacial score (nSPS) is 12.3. The van der Waals surface area contributed by atoms with E-state index in [1.807, 2.05) is 139 Å². The second kappa shape index (κ2) is 37.0. The van der Waals surface area contributed by atoms with Crippen LogP contribution in [0.1, 0.15) is 132 Å². The number of benzene rings is 6. The summed E-state index contributed by atoms with van der Waals surface area (Å²) in [4.78, 5) is 77.4. The molecule has 2 atom stereocenters. The predicted molar refractivity (Wildman–Crippen MR) is 362 cm³/mol. The van der Waals surface area contributed by atoms with E-state index in [0.29, 0.717) is 58.2 Å². The molecule has 7 rings (SSSR count). The summed E-state index contributed by atoms with van der Waals surface area (Å²) in [6, 6.07) is 37.4. The molecule has 0 aliphatic heterocycles. The van der Waals surface area contributed by atoms with Crippen LogP contribution in [-0.2, 0) is 25.4 Å². The number of aromatic nitrogens is 1. The van der Waals surface area contributed by atoms with Crippen LogP contribution in [-0.4, -0.2) is 103 Å². The Morgan fingerprint density at radius 3 is 1.38 bits per heavy atom. The molecular weight excluding hydrogens is 1460 g/mol. The lowest BCUT2D eigenvalue weighted by molar-refractivity contribution is -0.697. The SMILES string of the molecule is CC.CCC(CC(C)C(=O)O)C(=O)OCC(F)(F)C(F)(F)C(F)(F)C(F)(F)C(F)(F)C(F)F.Cc1cc(C)c(C(=O)P(=O)(C(=O)c2c(C)cc(C)cc2C)c2ccccc2)c(C)c1.Cc1ccc(C(=O)Oc2ccc(OC(=O)c3ccc(OCC[n+]4ccc(N(C)C)cc4)cc3)c(C)c2C)cc1.[Br-]. The maximum Gasteiger partial charge on any atom is 0.384 e. The Balaban J connectivity index is 0.000000399. The van der Waals surface area contributed by atoms with E-state index in [1.54, 1.807) is 78.9 Å². The summed E-state index contributed by atoms with van der Waals surface area (Å²) >= 11 is 0. The molecule has 0 bridgehead atoms. The third kappa shape index (κ3) is 21.0. The number of ether oxygens (including phenoxy) is 4. The van der Waals surface area contributed by atoms with Crippen LogP contribution in [0.15, 0.2) is 140 Å². The molecule has 0 amide bonds. The number of anilines is 1. The minimum atomic E-state index is -7.71. The van der Waals surface area contributed by atoms with E-state index < -0.39 is 103 Å². The van der Waals surface area contributed by atoms with Gasteiger partial charge in [-0.1, -0.05) is 111 Å². The van der Waals surface area contributed by atoms with Crippen LogP contribution in [0.25, 0.3) is 0 Å². The van der Waals surface area contributed by atoms with Gasteiger partial charge in [0.05, 0.1) is 23.0 Å². The van der Waals surface area contributed by atoms with Crippen molar-refractivity contribution in [2.75, 3.05) is 32.2 Å². The van der Waals surface area contributed by atoms with Gasteiger partial charge in [0.2, 0.25) is 18.2 Å². The first-order valence-corrected chi connectivity index (χ1v) is 33.6. The van der Waals surface area contributed by atoms with Crippen LogP contribution >= 0.6 is 7.14 Å². The van der Waals surface area contributed by atoms with Crippen LogP contribution < -0.4 is 46.0 Å². The highest BCUT2D eigenvalue weighted by Gasteiger charge is 2.88. The summed E-state index contributed by atoms with van der Waals surface area (Å²) in [6.07, 6.45) is -2.45. The first-order valence-electron chi connectivity index (χ1n) is 31.9. The average Bonchev–Trinajstić information content (AvgIpc) is 0.721. The minimum Gasteiger partial charge on any atom is -1.00 e. The highest BCUT2D eigenvalue weighted by Crippen LogP contribution is 2.58.